The lowest BCUT2D eigenvalue weighted by Gasteiger charge is -2.11. The monoisotopic (exact) mass is 449 g/mol. The quantitative estimate of drug-likeness (QED) is 0.396. The number of nitrogens with one attached hydrogen (secondary N) is 1. The van der Waals surface area contributed by atoms with Gasteiger partial charge in [-0.3, -0.25) is 4.79 Å². The maximum Gasteiger partial charge on any atom is 0.298 e. The number of nitrogens with zero attached hydrogens (tertiary/aromatic N) is 2. The summed E-state index contributed by atoms with van der Waals surface area (Å²) in [4.78, 5) is 17.0. The summed E-state index contributed by atoms with van der Waals surface area (Å²) in [6.45, 7) is 2.04. The fourth-order valence-electron chi connectivity index (χ4n) is 2.99. The third-order valence-electron chi connectivity index (χ3n) is 4.68. The molecule has 0 bridgehead atoms. The van der Waals surface area contributed by atoms with Gasteiger partial charge in [0.25, 0.3) is 11.1 Å². The van der Waals surface area contributed by atoms with E-state index in [2.05, 4.69) is 14.7 Å². The van der Waals surface area contributed by atoms with E-state index in [4.69, 9.17) is 9.47 Å². The van der Waals surface area contributed by atoms with Crippen molar-refractivity contribution in [3.63, 3.8) is 0 Å². The number of methoxy groups -OCH3 is 1. The Balaban J connectivity index is 1.50. The molecule has 6 nitrogen and oxygen atoms in total. The number of aryl methyl sites for hydroxylation is 1. The van der Waals surface area contributed by atoms with Crippen LogP contribution in [0.25, 0.3) is 0 Å². The molecule has 0 spiro atoms. The summed E-state index contributed by atoms with van der Waals surface area (Å²) in [6, 6.07) is 18.8. The van der Waals surface area contributed by atoms with E-state index in [1.165, 1.54) is 30.9 Å². The first-order chi connectivity index (χ1) is 15.5. The van der Waals surface area contributed by atoms with E-state index in [0.29, 0.717) is 28.9 Å². The van der Waals surface area contributed by atoms with E-state index in [1.807, 2.05) is 31.2 Å². The van der Waals surface area contributed by atoms with Crippen LogP contribution in [0.3, 0.4) is 0 Å². The zero-order valence-corrected chi connectivity index (χ0v) is 18.3. The first kappa shape index (κ1) is 21.5. The van der Waals surface area contributed by atoms with Crippen LogP contribution >= 0.6 is 11.5 Å². The molecule has 0 saturated heterocycles. The molecular formula is C24H20FN3O3S. The van der Waals surface area contributed by atoms with Gasteiger partial charge in [-0.25, -0.2) is 4.39 Å². The molecule has 0 unspecified atom stereocenters. The molecule has 4 rings (SSSR count). The third kappa shape index (κ3) is 5.09. The summed E-state index contributed by atoms with van der Waals surface area (Å²) in [5.74, 6) is 0.399. The van der Waals surface area contributed by atoms with Crippen molar-refractivity contribution in [3.05, 3.63) is 95.1 Å². The van der Waals surface area contributed by atoms with Gasteiger partial charge in [0, 0.05) is 23.5 Å². The van der Waals surface area contributed by atoms with Gasteiger partial charge >= 0.3 is 0 Å². The summed E-state index contributed by atoms with van der Waals surface area (Å²) in [7, 11) is 1.50. The first-order valence-electron chi connectivity index (χ1n) is 9.82. The minimum atomic E-state index is -0.513. The Morgan fingerprint density at radius 3 is 2.59 bits per heavy atom. The summed E-state index contributed by atoms with van der Waals surface area (Å²) in [6.07, 6.45) is 0.586. The van der Waals surface area contributed by atoms with Crippen LogP contribution in [0.4, 0.5) is 10.1 Å². The van der Waals surface area contributed by atoms with Crippen LogP contribution in [0.5, 0.6) is 16.7 Å². The number of carbonyl (C=O) groups is 1. The lowest BCUT2D eigenvalue weighted by atomic mass is 10.1. The van der Waals surface area contributed by atoms with E-state index in [0.717, 1.165) is 17.1 Å². The van der Waals surface area contributed by atoms with Crippen LogP contribution < -0.4 is 14.8 Å². The fraction of sp³-hybridized carbons (Fsp3) is 0.125. The molecule has 1 N–H and O–H groups in total. The third-order valence-corrected chi connectivity index (χ3v) is 5.31. The van der Waals surface area contributed by atoms with Crippen LogP contribution in [0.15, 0.2) is 66.7 Å². The van der Waals surface area contributed by atoms with Crippen molar-refractivity contribution in [3.8, 4) is 16.7 Å². The van der Waals surface area contributed by atoms with Crippen molar-refractivity contribution >= 4 is 23.1 Å². The Morgan fingerprint density at radius 2 is 1.84 bits per heavy atom. The van der Waals surface area contributed by atoms with Gasteiger partial charge in [0.2, 0.25) is 0 Å². The van der Waals surface area contributed by atoms with Crippen molar-refractivity contribution < 1.29 is 18.7 Å². The minimum absolute atomic E-state index is 0.0978. The smallest absolute Gasteiger partial charge is 0.298 e. The Hall–Kier alpha value is -3.78. The molecular weight excluding hydrogens is 429 g/mol. The highest BCUT2D eigenvalue weighted by molar-refractivity contribution is 7.07. The second-order valence-corrected chi connectivity index (χ2v) is 7.75. The Kier molecular flexibility index (Phi) is 6.42. The van der Waals surface area contributed by atoms with Gasteiger partial charge in [0.05, 0.1) is 12.8 Å². The molecule has 0 aliphatic carbocycles. The van der Waals surface area contributed by atoms with Gasteiger partial charge in [0.1, 0.15) is 5.82 Å². The molecule has 4 aromatic rings. The number of aromatic nitrogens is 2. The second kappa shape index (κ2) is 9.57. The molecule has 1 aromatic heterocycles. The van der Waals surface area contributed by atoms with Crippen molar-refractivity contribution in [2.75, 3.05) is 12.4 Å². The molecule has 0 saturated carbocycles. The maximum atomic E-state index is 13.9. The molecule has 1 heterocycles. The zero-order valence-electron chi connectivity index (χ0n) is 17.5. The van der Waals surface area contributed by atoms with Gasteiger partial charge < -0.3 is 14.8 Å². The maximum absolute atomic E-state index is 13.9. The van der Waals surface area contributed by atoms with Crippen LogP contribution in [-0.2, 0) is 6.42 Å². The molecule has 1 amide bonds. The normalized spacial score (nSPS) is 10.6. The standard InChI is InChI=1S/C24H20FN3O3S/c1-15-7-9-16(10-8-15)13-22-27-24(32-28-22)31-21-14-17(11-12-20(21)30-2)23(29)26-19-6-4-3-5-18(19)25/h3-12,14H,13H2,1-2H3,(H,26,29). The van der Waals surface area contributed by atoms with Crippen molar-refractivity contribution in [1.82, 2.24) is 9.36 Å². The molecule has 8 heteroatoms. The van der Waals surface area contributed by atoms with Crippen LogP contribution in [-0.4, -0.2) is 22.4 Å². The van der Waals surface area contributed by atoms with E-state index >= 15 is 0 Å². The van der Waals surface area contributed by atoms with E-state index in [-0.39, 0.29) is 11.3 Å². The van der Waals surface area contributed by atoms with Crippen LogP contribution in [0.2, 0.25) is 0 Å². The minimum Gasteiger partial charge on any atom is -0.493 e. The molecule has 0 aliphatic heterocycles. The number of ether oxygens (including phenoxy) is 2. The Labute approximate surface area is 188 Å². The predicted molar refractivity (Wildman–Crippen MR) is 121 cm³/mol. The number of hydrogen-bond donors (Lipinski definition) is 1. The lowest BCUT2D eigenvalue weighted by molar-refractivity contribution is 0.102. The molecule has 0 atom stereocenters. The SMILES string of the molecule is COc1ccc(C(=O)Nc2ccccc2F)cc1Oc1nc(Cc2ccc(C)cc2)ns1. The average molecular weight is 450 g/mol. The summed E-state index contributed by atoms with van der Waals surface area (Å²) in [5, 5.41) is 2.89. The number of carbonyl (C=O) groups excluding carboxylic acids is 1. The van der Waals surface area contributed by atoms with Crippen LogP contribution in [0.1, 0.15) is 27.3 Å². The van der Waals surface area contributed by atoms with Gasteiger partial charge in [-0.2, -0.15) is 9.36 Å². The number of hydrogen-bond acceptors (Lipinski definition) is 6. The van der Waals surface area contributed by atoms with Crippen molar-refractivity contribution in [2.24, 2.45) is 0 Å². The van der Waals surface area contributed by atoms with Gasteiger partial charge in [-0.15, -0.1) is 0 Å². The number of amides is 1. The highest BCUT2D eigenvalue weighted by Crippen LogP contribution is 2.33. The molecule has 0 radical (unpaired) electrons. The number of halogens is 1. The highest BCUT2D eigenvalue weighted by Gasteiger charge is 2.15. The summed E-state index contributed by atoms with van der Waals surface area (Å²) < 4.78 is 29.4. The fourth-order valence-corrected chi connectivity index (χ4v) is 3.55. The number of anilines is 1. The molecule has 162 valence electrons. The van der Waals surface area contributed by atoms with Crippen molar-refractivity contribution in [2.45, 2.75) is 13.3 Å². The largest absolute Gasteiger partial charge is 0.493 e. The average Bonchev–Trinajstić information content (AvgIpc) is 3.23. The van der Waals surface area contributed by atoms with Gasteiger partial charge in [-0.05, 0) is 42.8 Å². The number of benzene rings is 3. The second-order valence-electron chi connectivity index (χ2n) is 7.04. The summed E-state index contributed by atoms with van der Waals surface area (Å²) in [5.41, 5.74) is 2.67. The number of para-hydroxylation sites is 1. The highest BCUT2D eigenvalue weighted by atomic mass is 32.1. The molecule has 32 heavy (non-hydrogen) atoms. The molecule has 0 aliphatic rings. The number of rotatable bonds is 7. The van der Waals surface area contributed by atoms with Crippen molar-refractivity contribution in [1.29, 1.82) is 0 Å². The zero-order chi connectivity index (χ0) is 22.5. The Bertz CT molecular complexity index is 1240. The van der Waals surface area contributed by atoms with Crippen LogP contribution in [0, 0.1) is 12.7 Å². The predicted octanol–water partition coefficient (Wildman–Crippen LogP) is 5.63. The first-order valence-corrected chi connectivity index (χ1v) is 10.6. The summed E-state index contributed by atoms with van der Waals surface area (Å²) >= 11 is 1.12. The van der Waals surface area contributed by atoms with Gasteiger partial charge in [-0.1, -0.05) is 42.0 Å². The topological polar surface area (TPSA) is 73.3 Å². The van der Waals surface area contributed by atoms with E-state index < -0.39 is 11.7 Å². The van der Waals surface area contributed by atoms with E-state index in [1.54, 1.807) is 24.3 Å². The van der Waals surface area contributed by atoms with E-state index in [9.17, 15) is 9.18 Å². The lowest BCUT2D eigenvalue weighted by Crippen LogP contribution is -2.13. The van der Waals surface area contributed by atoms with Gasteiger partial charge in [0.15, 0.2) is 17.3 Å². The molecule has 3 aromatic carbocycles. The Morgan fingerprint density at radius 1 is 1.06 bits per heavy atom. The molecule has 0 fully saturated rings.